The molecule has 0 bridgehead atoms. The molecule has 0 spiro atoms. The molecule has 0 aromatic heterocycles. The first-order valence-corrected chi connectivity index (χ1v) is 7.48. The van der Waals surface area contributed by atoms with Crippen molar-refractivity contribution >= 4 is 17.2 Å². The minimum atomic E-state index is -0.129. The molecule has 0 saturated carbocycles. The van der Waals surface area contributed by atoms with Crippen molar-refractivity contribution in [2.24, 2.45) is 0 Å². The number of fused-ring (bicyclic) bond motifs is 3. The van der Waals surface area contributed by atoms with Crippen LogP contribution in [0.3, 0.4) is 0 Å². The number of rotatable bonds is 3. The first kappa shape index (κ1) is 14.4. The highest BCUT2D eigenvalue weighted by Gasteiger charge is 2.33. The number of allylic oxidation sites excluding steroid dienone is 4. The van der Waals surface area contributed by atoms with Crippen LogP contribution in [0.1, 0.15) is 22.8 Å². The number of ether oxygens (including phenoxy) is 1. The Bertz CT molecular complexity index is 699. The van der Waals surface area contributed by atoms with Gasteiger partial charge in [-0.05, 0) is 25.1 Å². The third kappa shape index (κ3) is 2.30. The number of hydrogen-bond donors (Lipinski definition) is 1. The molecule has 1 heterocycles. The van der Waals surface area contributed by atoms with Crippen molar-refractivity contribution in [2.75, 3.05) is 26.0 Å². The first-order chi connectivity index (χ1) is 10.6. The van der Waals surface area contributed by atoms with Crippen molar-refractivity contribution in [3.8, 4) is 5.75 Å². The molecule has 1 aromatic carbocycles. The van der Waals surface area contributed by atoms with Crippen molar-refractivity contribution in [3.63, 3.8) is 0 Å². The summed E-state index contributed by atoms with van der Waals surface area (Å²) in [6, 6.07) is 3.86. The standard InChI is InChI=1S/C18H20N2O2/c1-4-19-13-10-11-15-16(17(13)18(21)20(2)3)12-8-6-5-7-9-14(12)22-15/h5-11,14,19H,4H2,1-3H3. The molecule has 1 N–H and O–H groups in total. The average molecular weight is 296 g/mol. The van der Waals surface area contributed by atoms with E-state index in [1.165, 1.54) is 0 Å². The molecule has 1 aliphatic carbocycles. The van der Waals surface area contributed by atoms with Crippen molar-refractivity contribution in [1.29, 1.82) is 0 Å². The van der Waals surface area contributed by atoms with Gasteiger partial charge in [-0.2, -0.15) is 0 Å². The maximum absolute atomic E-state index is 12.7. The number of nitrogens with zero attached hydrogens (tertiary/aromatic N) is 1. The molecule has 1 aliphatic heterocycles. The summed E-state index contributed by atoms with van der Waals surface area (Å²) in [5.74, 6) is 0.748. The number of amides is 1. The normalized spacial score (nSPS) is 18.0. The van der Waals surface area contributed by atoms with Crippen LogP contribution in [0, 0.1) is 0 Å². The van der Waals surface area contributed by atoms with Crippen LogP contribution in [0.2, 0.25) is 0 Å². The summed E-state index contributed by atoms with van der Waals surface area (Å²) < 4.78 is 6.00. The minimum absolute atomic E-state index is 0.0184. The second-order valence-electron chi connectivity index (χ2n) is 5.52. The van der Waals surface area contributed by atoms with Crippen LogP contribution in [0.5, 0.6) is 5.75 Å². The van der Waals surface area contributed by atoms with E-state index < -0.39 is 0 Å². The van der Waals surface area contributed by atoms with Gasteiger partial charge in [-0.25, -0.2) is 0 Å². The highest BCUT2D eigenvalue weighted by molar-refractivity contribution is 6.06. The molecule has 2 aliphatic rings. The number of hydrogen-bond acceptors (Lipinski definition) is 3. The maximum atomic E-state index is 12.7. The lowest BCUT2D eigenvalue weighted by Crippen LogP contribution is -2.24. The molecule has 1 atom stereocenters. The van der Waals surface area contributed by atoms with Gasteiger partial charge in [0.05, 0.1) is 5.56 Å². The Hall–Kier alpha value is -2.49. The van der Waals surface area contributed by atoms with E-state index in [1.807, 2.05) is 49.4 Å². The lowest BCUT2D eigenvalue weighted by molar-refractivity contribution is 0.0828. The predicted molar refractivity (Wildman–Crippen MR) is 89.3 cm³/mol. The number of carbonyl (C=O) groups excluding carboxylic acids is 1. The van der Waals surface area contributed by atoms with Gasteiger partial charge >= 0.3 is 0 Å². The van der Waals surface area contributed by atoms with Gasteiger partial charge in [0.1, 0.15) is 11.9 Å². The second kappa shape index (κ2) is 5.72. The van der Waals surface area contributed by atoms with Crippen LogP contribution in [0.15, 0.2) is 42.5 Å². The van der Waals surface area contributed by atoms with Gasteiger partial charge < -0.3 is 15.0 Å². The van der Waals surface area contributed by atoms with Crippen molar-refractivity contribution in [2.45, 2.75) is 13.0 Å². The Morgan fingerprint density at radius 1 is 1.27 bits per heavy atom. The van der Waals surface area contributed by atoms with Gasteiger partial charge in [0.2, 0.25) is 0 Å². The molecule has 114 valence electrons. The van der Waals surface area contributed by atoms with Crippen molar-refractivity contribution < 1.29 is 9.53 Å². The lowest BCUT2D eigenvalue weighted by atomic mass is 9.94. The van der Waals surface area contributed by atoms with Crippen molar-refractivity contribution in [1.82, 2.24) is 4.90 Å². The highest BCUT2D eigenvalue weighted by atomic mass is 16.5. The second-order valence-corrected chi connectivity index (χ2v) is 5.52. The Kier molecular flexibility index (Phi) is 3.75. The Morgan fingerprint density at radius 3 is 2.82 bits per heavy atom. The fourth-order valence-electron chi connectivity index (χ4n) is 2.80. The zero-order valence-electron chi connectivity index (χ0n) is 13.1. The molecule has 1 unspecified atom stereocenters. The summed E-state index contributed by atoms with van der Waals surface area (Å²) in [4.78, 5) is 14.3. The molecule has 4 heteroatoms. The van der Waals surface area contributed by atoms with E-state index in [1.54, 1.807) is 19.0 Å². The number of anilines is 1. The van der Waals surface area contributed by atoms with E-state index >= 15 is 0 Å². The highest BCUT2D eigenvalue weighted by Crippen LogP contribution is 2.43. The molecular formula is C18H20N2O2. The molecular weight excluding hydrogens is 276 g/mol. The molecule has 4 nitrogen and oxygen atoms in total. The quantitative estimate of drug-likeness (QED) is 0.932. The van der Waals surface area contributed by atoms with Crippen LogP contribution in [0.25, 0.3) is 5.57 Å². The molecule has 22 heavy (non-hydrogen) atoms. The predicted octanol–water partition coefficient (Wildman–Crippen LogP) is 3.09. The van der Waals surface area contributed by atoms with E-state index in [-0.39, 0.29) is 12.0 Å². The third-order valence-corrected chi connectivity index (χ3v) is 3.79. The summed E-state index contributed by atoms with van der Waals surface area (Å²) in [7, 11) is 3.54. The van der Waals surface area contributed by atoms with Crippen LogP contribution in [0.4, 0.5) is 5.69 Å². The fraction of sp³-hybridized carbons (Fsp3) is 0.278. The molecule has 0 fully saturated rings. The summed E-state index contributed by atoms with van der Waals surface area (Å²) in [5.41, 5.74) is 3.47. The molecule has 0 radical (unpaired) electrons. The van der Waals surface area contributed by atoms with Gasteiger partial charge in [-0.15, -0.1) is 0 Å². The van der Waals surface area contributed by atoms with Gasteiger partial charge in [0.25, 0.3) is 5.91 Å². The first-order valence-electron chi connectivity index (χ1n) is 7.48. The van der Waals surface area contributed by atoms with E-state index in [9.17, 15) is 4.79 Å². The Morgan fingerprint density at radius 2 is 2.09 bits per heavy atom. The van der Waals surface area contributed by atoms with Crippen LogP contribution in [-0.4, -0.2) is 37.6 Å². The zero-order chi connectivity index (χ0) is 15.7. The maximum Gasteiger partial charge on any atom is 0.256 e. The van der Waals surface area contributed by atoms with Crippen LogP contribution < -0.4 is 10.1 Å². The number of carbonyl (C=O) groups is 1. The third-order valence-electron chi connectivity index (χ3n) is 3.79. The number of benzene rings is 1. The molecule has 0 saturated heterocycles. The Balaban J connectivity index is 2.22. The van der Waals surface area contributed by atoms with Crippen LogP contribution in [-0.2, 0) is 0 Å². The van der Waals surface area contributed by atoms with E-state index in [4.69, 9.17) is 4.74 Å². The Labute approximate surface area is 130 Å². The summed E-state index contributed by atoms with van der Waals surface area (Å²) in [5, 5.41) is 3.29. The molecule has 3 rings (SSSR count). The molecule has 1 amide bonds. The summed E-state index contributed by atoms with van der Waals surface area (Å²) >= 11 is 0. The van der Waals surface area contributed by atoms with Crippen molar-refractivity contribution in [3.05, 3.63) is 53.6 Å². The average Bonchev–Trinajstić information content (AvgIpc) is 2.69. The SMILES string of the molecule is CCNc1ccc2c(c1C(=O)N(C)C)C1=CC=CC=CC1O2. The summed E-state index contributed by atoms with van der Waals surface area (Å²) in [6.45, 7) is 2.78. The monoisotopic (exact) mass is 296 g/mol. The smallest absolute Gasteiger partial charge is 0.256 e. The van der Waals surface area contributed by atoms with E-state index in [0.717, 1.165) is 29.1 Å². The summed E-state index contributed by atoms with van der Waals surface area (Å²) in [6.07, 6.45) is 9.82. The minimum Gasteiger partial charge on any atom is -0.481 e. The van der Waals surface area contributed by atoms with E-state index in [0.29, 0.717) is 5.56 Å². The zero-order valence-corrected chi connectivity index (χ0v) is 13.1. The van der Waals surface area contributed by atoms with Gasteiger partial charge in [0, 0.05) is 37.5 Å². The van der Waals surface area contributed by atoms with Gasteiger partial charge in [0.15, 0.2) is 0 Å². The van der Waals surface area contributed by atoms with Gasteiger partial charge in [-0.1, -0.05) is 24.3 Å². The molecule has 1 aromatic rings. The van der Waals surface area contributed by atoms with Crippen LogP contribution >= 0.6 is 0 Å². The topological polar surface area (TPSA) is 41.6 Å². The largest absolute Gasteiger partial charge is 0.481 e. The number of nitrogens with one attached hydrogen (secondary N) is 1. The lowest BCUT2D eigenvalue weighted by Gasteiger charge is -2.18. The van der Waals surface area contributed by atoms with Gasteiger partial charge in [-0.3, -0.25) is 4.79 Å². The van der Waals surface area contributed by atoms with E-state index in [2.05, 4.69) is 5.32 Å². The fourth-order valence-corrected chi connectivity index (χ4v) is 2.80.